The molecule has 3 rings (SSSR count). The lowest BCUT2D eigenvalue weighted by Crippen LogP contribution is -2.13. The quantitative estimate of drug-likeness (QED) is 0.412. The van der Waals surface area contributed by atoms with Crippen LogP contribution in [0, 0.1) is 0 Å². The summed E-state index contributed by atoms with van der Waals surface area (Å²) in [4.78, 5) is 0. The van der Waals surface area contributed by atoms with Crippen LogP contribution in [0.1, 0.15) is 57.7 Å². The van der Waals surface area contributed by atoms with E-state index in [-0.39, 0.29) is 11.5 Å². The van der Waals surface area contributed by atoms with Crippen LogP contribution < -0.4 is 9.47 Å². The Morgan fingerprint density at radius 3 is 2.40 bits per heavy atom. The molecule has 1 heterocycles. The summed E-state index contributed by atoms with van der Waals surface area (Å²) in [5.74, 6) is 3.35. The number of thioether (sulfide) groups is 1. The van der Waals surface area contributed by atoms with Gasteiger partial charge in [0.2, 0.25) is 0 Å². The van der Waals surface area contributed by atoms with E-state index in [1.165, 1.54) is 11.1 Å². The molecule has 160 valence electrons. The first-order valence-corrected chi connectivity index (χ1v) is 11.3. The van der Waals surface area contributed by atoms with Gasteiger partial charge in [0.1, 0.15) is 11.5 Å². The minimum absolute atomic E-state index is 0.126. The fraction of sp³-hybridized carbons (Fsp3) is 0.417. The van der Waals surface area contributed by atoms with Gasteiger partial charge >= 0.3 is 0 Å². The number of hydrogen-bond acceptors (Lipinski definition) is 5. The predicted octanol–water partition coefficient (Wildman–Crippen LogP) is 6.04. The van der Waals surface area contributed by atoms with E-state index in [0.717, 1.165) is 34.8 Å². The second-order valence-corrected chi connectivity index (χ2v) is 9.20. The zero-order chi connectivity index (χ0) is 21.7. The number of benzene rings is 2. The van der Waals surface area contributed by atoms with Crippen LogP contribution in [0.4, 0.5) is 0 Å². The fourth-order valence-corrected chi connectivity index (χ4v) is 4.16. The van der Waals surface area contributed by atoms with Crippen molar-refractivity contribution in [3.05, 3.63) is 65.5 Å². The van der Waals surface area contributed by atoms with Crippen LogP contribution in [0.2, 0.25) is 0 Å². The third kappa shape index (κ3) is 5.36. The van der Waals surface area contributed by atoms with E-state index < -0.39 is 0 Å². The minimum Gasteiger partial charge on any atom is -0.497 e. The zero-order valence-corrected chi connectivity index (χ0v) is 19.5. The van der Waals surface area contributed by atoms with Crippen LogP contribution in [0.25, 0.3) is 0 Å². The summed E-state index contributed by atoms with van der Waals surface area (Å²) in [6.07, 6.45) is -0.191. The Balaban J connectivity index is 1.69. The predicted molar refractivity (Wildman–Crippen MR) is 122 cm³/mol. The normalized spacial score (nSPS) is 12.6. The highest BCUT2D eigenvalue weighted by Crippen LogP contribution is 2.29. The van der Waals surface area contributed by atoms with E-state index in [1.807, 2.05) is 37.3 Å². The van der Waals surface area contributed by atoms with Gasteiger partial charge in [-0.05, 0) is 54.7 Å². The number of nitrogens with zero attached hydrogens (tertiary/aromatic N) is 3. The van der Waals surface area contributed by atoms with E-state index in [4.69, 9.17) is 9.47 Å². The highest BCUT2D eigenvalue weighted by Gasteiger charge is 2.19. The van der Waals surface area contributed by atoms with Gasteiger partial charge in [-0.1, -0.05) is 56.8 Å². The fourth-order valence-electron chi connectivity index (χ4n) is 3.21. The van der Waals surface area contributed by atoms with Gasteiger partial charge in [0, 0.05) is 12.3 Å². The van der Waals surface area contributed by atoms with E-state index in [1.54, 1.807) is 18.9 Å². The summed E-state index contributed by atoms with van der Waals surface area (Å²) in [7, 11) is 1.68. The molecule has 6 heteroatoms. The average molecular weight is 426 g/mol. The summed E-state index contributed by atoms with van der Waals surface area (Å²) in [6.45, 7) is 11.5. The van der Waals surface area contributed by atoms with Gasteiger partial charge in [0.25, 0.3) is 0 Å². The molecule has 0 bridgehead atoms. The molecule has 2 aromatic carbocycles. The van der Waals surface area contributed by atoms with Gasteiger partial charge < -0.3 is 14.0 Å². The van der Waals surface area contributed by atoms with Gasteiger partial charge in [0.15, 0.2) is 17.1 Å². The second-order valence-electron chi connectivity index (χ2n) is 8.26. The lowest BCUT2D eigenvalue weighted by Gasteiger charge is -2.20. The van der Waals surface area contributed by atoms with Gasteiger partial charge in [0.05, 0.1) is 7.11 Å². The van der Waals surface area contributed by atoms with Crippen molar-refractivity contribution in [2.24, 2.45) is 0 Å². The molecule has 1 atom stereocenters. The number of rotatable bonds is 8. The molecule has 5 nitrogen and oxygen atoms in total. The molecule has 0 saturated carbocycles. The summed E-state index contributed by atoms with van der Waals surface area (Å²) >= 11 is 1.67. The first kappa shape index (κ1) is 22.2. The molecule has 0 aliphatic heterocycles. The number of methoxy groups -OCH3 is 1. The molecule has 0 aliphatic carbocycles. The highest BCUT2D eigenvalue weighted by molar-refractivity contribution is 7.98. The third-order valence-electron chi connectivity index (χ3n) is 4.96. The number of ether oxygens (including phenoxy) is 2. The van der Waals surface area contributed by atoms with E-state index in [9.17, 15) is 0 Å². The van der Waals surface area contributed by atoms with Crippen LogP contribution in [-0.4, -0.2) is 21.9 Å². The number of aromatic nitrogens is 3. The largest absolute Gasteiger partial charge is 0.497 e. The standard InChI is InChI=1S/C24H31N3O2S/c1-7-27-22(17(2)29-20-13-11-19(12-14-20)24(3,4)5)25-26-23(27)30-16-18-9-8-10-21(15-18)28-6/h8-15,17H,7,16H2,1-6H3. The molecular formula is C24H31N3O2S. The van der Waals surface area contributed by atoms with Gasteiger partial charge in [-0.15, -0.1) is 10.2 Å². The molecular weight excluding hydrogens is 394 g/mol. The molecule has 0 aliphatic rings. The van der Waals surface area contributed by atoms with E-state index >= 15 is 0 Å². The molecule has 0 saturated heterocycles. The maximum atomic E-state index is 6.17. The molecule has 30 heavy (non-hydrogen) atoms. The Morgan fingerprint density at radius 2 is 1.77 bits per heavy atom. The van der Waals surface area contributed by atoms with Crippen molar-refractivity contribution in [1.29, 1.82) is 0 Å². The summed E-state index contributed by atoms with van der Waals surface area (Å²) in [5.41, 5.74) is 2.60. The van der Waals surface area contributed by atoms with Crippen molar-refractivity contribution in [2.75, 3.05) is 7.11 Å². The summed E-state index contributed by atoms with van der Waals surface area (Å²) in [6, 6.07) is 16.4. The lowest BCUT2D eigenvalue weighted by molar-refractivity contribution is 0.210. The Labute approximate surface area is 183 Å². The molecule has 0 fully saturated rings. The number of hydrogen-bond donors (Lipinski definition) is 0. The molecule has 3 aromatic rings. The molecule has 0 N–H and O–H groups in total. The molecule has 0 radical (unpaired) electrons. The van der Waals surface area contributed by atoms with Crippen molar-refractivity contribution >= 4 is 11.8 Å². The SMILES string of the molecule is CCn1c(SCc2cccc(OC)c2)nnc1C(C)Oc1ccc(C(C)(C)C)cc1. The summed E-state index contributed by atoms with van der Waals surface area (Å²) < 4.78 is 13.6. The maximum Gasteiger partial charge on any atom is 0.191 e. The Bertz CT molecular complexity index is 961. The second kappa shape index (κ2) is 9.56. The molecule has 1 unspecified atom stereocenters. The summed E-state index contributed by atoms with van der Waals surface area (Å²) in [5, 5.41) is 9.74. The third-order valence-corrected chi connectivity index (χ3v) is 6.00. The van der Waals surface area contributed by atoms with Gasteiger partial charge in [-0.2, -0.15) is 0 Å². The van der Waals surface area contributed by atoms with E-state index in [2.05, 4.69) is 60.7 Å². The van der Waals surface area contributed by atoms with Crippen molar-refractivity contribution in [3.8, 4) is 11.5 Å². The Hall–Kier alpha value is -2.47. The molecule has 0 amide bonds. The minimum atomic E-state index is -0.191. The van der Waals surface area contributed by atoms with Crippen molar-refractivity contribution in [3.63, 3.8) is 0 Å². The van der Waals surface area contributed by atoms with Crippen LogP contribution in [0.5, 0.6) is 11.5 Å². The monoisotopic (exact) mass is 425 g/mol. The smallest absolute Gasteiger partial charge is 0.191 e. The maximum absolute atomic E-state index is 6.17. The zero-order valence-electron chi connectivity index (χ0n) is 18.7. The van der Waals surface area contributed by atoms with Crippen LogP contribution in [0.15, 0.2) is 53.7 Å². The van der Waals surface area contributed by atoms with Gasteiger partial charge in [-0.25, -0.2) is 0 Å². The van der Waals surface area contributed by atoms with E-state index in [0.29, 0.717) is 0 Å². The first-order chi connectivity index (χ1) is 14.3. The van der Waals surface area contributed by atoms with Crippen molar-refractivity contribution < 1.29 is 9.47 Å². The molecule has 1 aromatic heterocycles. The Kier molecular flexibility index (Phi) is 7.08. The van der Waals surface area contributed by atoms with Crippen LogP contribution in [-0.2, 0) is 17.7 Å². The van der Waals surface area contributed by atoms with Crippen LogP contribution >= 0.6 is 11.8 Å². The van der Waals surface area contributed by atoms with Crippen molar-refractivity contribution in [2.45, 2.75) is 63.6 Å². The Morgan fingerprint density at radius 1 is 1.03 bits per heavy atom. The average Bonchev–Trinajstić information content (AvgIpc) is 3.15. The van der Waals surface area contributed by atoms with Gasteiger partial charge in [-0.3, -0.25) is 0 Å². The topological polar surface area (TPSA) is 49.2 Å². The first-order valence-electron chi connectivity index (χ1n) is 10.3. The lowest BCUT2D eigenvalue weighted by atomic mass is 9.87. The van der Waals surface area contributed by atoms with Crippen LogP contribution in [0.3, 0.4) is 0 Å². The highest BCUT2D eigenvalue weighted by atomic mass is 32.2. The molecule has 0 spiro atoms. The van der Waals surface area contributed by atoms with Crippen molar-refractivity contribution in [1.82, 2.24) is 14.8 Å².